The molecule has 0 aliphatic heterocycles. The SMILES string of the molecule is Cc1ccc(-c2nncnc2NO)cc1. The van der Waals surface area contributed by atoms with Gasteiger partial charge in [-0.25, -0.2) is 4.98 Å². The van der Waals surface area contributed by atoms with Crippen LogP contribution in [0, 0.1) is 6.92 Å². The maximum Gasteiger partial charge on any atom is 0.179 e. The second-order valence-electron chi connectivity index (χ2n) is 3.14. The highest BCUT2D eigenvalue weighted by molar-refractivity contribution is 5.69. The smallest absolute Gasteiger partial charge is 0.179 e. The summed E-state index contributed by atoms with van der Waals surface area (Å²) < 4.78 is 0. The molecule has 0 saturated heterocycles. The highest BCUT2D eigenvalue weighted by Gasteiger charge is 2.06. The van der Waals surface area contributed by atoms with Gasteiger partial charge in [0, 0.05) is 5.56 Å². The molecular formula is C10H10N4O. The molecule has 0 atom stereocenters. The predicted octanol–water partition coefficient (Wildman–Crippen LogP) is 1.65. The molecule has 0 unspecified atom stereocenters. The summed E-state index contributed by atoms with van der Waals surface area (Å²) in [5.74, 6) is 0.300. The molecule has 0 bridgehead atoms. The average molecular weight is 202 g/mol. The summed E-state index contributed by atoms with van der Waals surface area (Å²) >= 11 is 0. The summed E-state index contributed by atoms with van der Waals surface area (Å²) in [5.41, 5.74) is 4.54. The van der Waals surface area contributed by atoms with E-state index in [1.807, 2.05) is 36.7 Å². The van der Waals surface area contributed by atoms with E-state index in [2.05, 4.69) is 15.2 Å². The largest absolute Gasteiger partial charge is 0.290 e. The van der Waals surface area contributed by atoms with Gasteiger partial charge in [-0.3, -0.25) is 10.7 Å². The lowest BCUT2D eigenvalue weighted by Gasteiger charge is -2.04. The highest BCUT2D eigenvalue weighted by Crippen LogP contribution is 2.22. The molecule has 2 rings (SSSR count). The quantitative estimate of drug-likeness (QED) is 0.724. The summed E-state index contributed by atoms with van der Waals surface area (Å²) in [6.07, 6.45) is 1.27. The van der Waals surface area contributed by atoms with Crippen molar-refractivity contribution in [3.8, 4) is 11.3 Å². The Kier molecular flexibility index (Phi) is 2.55. The van der Waals surface area contributed by atoms with Gasteiger partial charge in [-0.15, -0.1) is 10.2 Å². The first-order valence-corrected chi connectivity index (χ1v) is 4.46. The highest BCUT2D eigenvalue weighted by atomic mass is 16.5. The van der Waals surface area contributed by atoms with E-state index >= 15 is 0 Å². The average Bonchev–Trinajstić information content (AvgIpc) is 2.30. The number of anilines is 1. The van der Waals surface area contributed by atoms with Gasteiger partial charge in [-0.1, -0.05) is 29.8 Å². The Morgan fingerprint density at radius 1 is 1.20 bits per heavy atom. The molecule has 5 nitrogen and oxygen atoms in total. The molecule has 0 amide bonds. The Morgan fingerprint density at radius 3 is 2.60 bits per heavy atom. The van der Waals surface area contributed by atoms with Crippen LogP contribution in [0.5, 0.6) is 0 Å². The number of nitrogens with one attached hydrogen (secondary N) is 1. The van der Waals surface area contributed by atoms with Crippen molar-refractivity contribution in [1.29, 1.82) is 0 Å². The predicted molar refractivity (Wildman–Crippen MR) is 55.4 cm³/mol. The standard InChI is InChI=1S/C10H10N4O/c1-7-2-4-8(5-3-7)9-10(14-15)11-6-12-13-9/h2-6,15H,1H3,(H,11,12,14). The third-order valence-electron chi connectivity index (χ3n) is 2.05. The first kappa shape index (κ1) is 9.54. The van der Waals surface area contributed by atoms with Crippen LogP contribution in [0.1, 0.15) is 5.56 Å². The number of aromatic nitrogens is 3. The van der Waals surface area contributed by atoms with Crippen LogP contribution in [0.15, 0.2) is 30.6 Å². The number of hydrogen-bond acceptors (Lipinski definition) is 5. The van der Waals surface area contributed by atoms with Crippen molar-refractivity contribution >= 4 is 5.82 Å². The Labute approximate surface area is 86.8 Å². The van der Waals surface area contributed by atoms with Gasteiger partial charge >= 0.3 is 0 Å². The summed E-state index contributed by atoms with van der Waals surface area (Å²) in [6.45, 7) is 2.00. The number of aryl methyl sites for hydroxylation is 1. The maximum atomic E-state index is 8.85. The molecule has 2 aromatic rings. The normalized spacial score (nSPS) is 10.0. The summed E-state index contributed by atoms with van der Waals surface area (Å²) in [7, 11) is 0. The Hall–Kier alpha value is -2.01. The van der Waals surface area contributed by atoms with Crippen LogP contribution in [0.2, 0.25) is 0 Å². The van der Waals surface area contributed by atoms with Crippen molar-refractivity contribution in [3.63, 3.8) is 0 Å². The molecule has 0 aliphatic rings. The fourth-order valence-corrected chi connectivity index (χ4v) is 1.26. The Morgan fingerprint density at radius 2 is 1.93 bits per heavy atom. The Balaban J connectivity index is 2.49. The van der Waals surface area contributed by atoms with E-state index in [1.165, 1.54) is 6.33 Å². The fourth-order valence-electron chi connectivity index (χ4n) is 1.26. The van der Waals surface area contributed by atoms with E-state index < -0.39 is 0 Å². The van der Waals surface area contributed by atoms with Crippen LogP contribution in [0.4, 0.5) is 5.82 Å². The summed E-state index contributed by atoms with van der Waals surface area (Å²) in [5, 5.41) is 16.4. The van der Waals surface area contributed by atoms with E-state index in [0.717, 1.165) is 11.1 Å². The molecule has 1 aromatic carbocycles. The molecule has 1 aromatic heterocycles. The van der Waals surface area contributed by atoms with Crippen molar-refractivity contribution < 1.29 is 5.21 Å². The first-order valence-electron chi connectivity index (χ1n) is 4.46. The number of rotatable bonds is 2. The van der Waals surface area contributed by atoms with Crippen molar-refractivity contribution in [1.82, 2.24) is 15.2 Å². The number of benzene rings is 1. The van der Waals surface area contributed by atoms with Gasteiger partial charge in [0.1, 0.15) is 12.0 Å². The minimum Gasteiger partial charge on any atom is -0.290 e. The van der Waals surface area contributed by atoms with Gasteiger partial charge in [-0.2, -0.15) is 0 Å². The minimum atomic E-state index is 0.300. The Bertz CT molecular complexity index is 455. The van der Waals surface area contributed by atoms with E-state index in [9.17, 15) is 0 Å². The van der Waals surface area contributed by atoms with Gasteiger partial charge in [0.05, 0.1) is 0 Å². The molecule has 5 heteroatoms. The topological polar surface area (TPSA) is 70.9 Å². The van der Waals surface area contributed by atoms with Crippen LogP contribution in [-0.2, 0) is 0 Å². The van der Waals surface area contributed by atoms with Crippen LogP contribution >= 0.6 is 0 Å². The summed E-state index contributed by atoms with van der Waals surface area (Å²) in [4.78, 5) is 3.86. The number of hydrogen-bond donors (Lipinski definition) is 2. The lowest BCUT2D eigenvalue weighted by Crippen LogP contribution is -1.99. The first-order chi connectivity index (χ1) is 7.31. The van der Waals surface area contributed by atoms with Crippen molar-refractivity contribution in [2.24, 2.45) is 0 Å². The molecule has 0 spiro atoms. The summed E-state index contributed by atoms with van der Waals surface area (Å²) in [6, 6.07) is 7.74. The zero-order valence-electron chi connectivity index (χ0n) is 8.18. The van der Waals surface area contributed by atoms with E-state index in [0.29, 0.717) is 11.5 Å². The molecule has 0 aliphatic carbocycles. The van der Waals surface area contributed by atoms with Gasteiger partial charge in [0.2, 0.25) is 0 Å². The molecule has 0 saturated carbocycles. The van der Waals surface area contributed by atoms with Crippen LogP contribution in [0.25, 0.3) is 11.3 Å². The molecule has 76 valence electrons. The minimum absolute atomic E-state index is 0.300. The molecule has 0 radical (unpaired) electrons. The fraction of sp³-hybridized carbons (Fsp3) is 0.100. The molecule has 2 N–H and O–H groups in total. The third kappa shape index (κ3) is 1.92. The van der Waals surface area contributed by atoms with Crippen LogP contribution in [0.3, 0.4) is 0 Å². The molecular weight excluding hydrogens is 192 g/mol. The monoisotopic (exact) mass is 202 g/mol. The lowest BCUT2D eigenvalue weighted by molar-refractivity contribution is 0.385. The second-order valence-corrected chi connectivity index (χ2v) is 3.14. The van der Waals surface area contributed by atoms with Gasteiger partial charge in [-0.05, 0) is 6.92 Å². The zero-order chi connectivity index (χ0) is 10.7. The van der Waals surface area contributed by atoms with Gasteiger partial charge in [0.25, 0.3) is 0 Å². The van der Waals surface area contributed by atoms with Gasteiger partial charge in [0.15, 0.2) is 5.82 Å². The molecule has 0 fully saturated rings. The maximum absolute atomic E-state index is 8.85. The van der Waals surface area contributed by atoms with Crippen LogP contribution in [-0.4, -0.2) is 20.4 Å². The molecule has 1 heterocycles. The van der Waals surface area contributed by atoms with E-state index in [1.54, 1.807) is 0 Å². The number of nitrogens with zero attached hydrogens (tertiary/aromatic N) is 3. The van der Waals surface area contributed by atoms with Crippen molar-refractivity contribution in [3.05, 3.63) is 36.2 Å². The van der Waals surface area contributed by atoms with E-state index in [-0.39, 0.29) is 0 Å². The van der Waals surface area contributed by atoms with Crippen molar-refractivity contribution in [2.75, 3.05) is 5.48 Å². The van der Waals surface area contributed by atoms with Gasteiger partial charge < -0.3 is 0 Å². The second kappa shape index (κ2) is 4.02. The van der Waals surface area contributed by atoms with Crippen molar-refractivity contribution in [2.45, 2.75) is 6.92 Å². The zero-order valence-corrected chi connectivity index (χ0v) is 8.18. The van der Waals surface area contributed by atoms with E-state index in [4.69, 9.17) is 5.21 Å². The van der Waals surface area contributed by atoms with Crippen LogP contribution < -0.4 is 5.48 Å². The third-order valence-corrected chi connectivity index (χ3v) is 2.05. The molecule has 15 heavy (non-hydrogen) atoms. The lowest BCUT2D eigenvalue weighted by atomic mass is 10.1.